The van der Waals surface area contributed by atoms with Crippen molar-refractivity contribution in [1.82, 2.24) is 29.5 Å². The number of halogens is 7. The summed E-state index contributed by atoms with van der Waals surface area (Å²) in [5, 5.41) is 39.2. The Balaban J connectivity index is 0.000000216. The fourth-order valence-electron chi connectivity index (χ4n) is 13.0. The number of aryl methyl sites for hydroxylation is 4. The number of benzene rings is 2. The second kappa shape index (κ2) is 27.7. The lowest BCUT2D eigenvalue weighted by molar-refractivity contribution is -0.271. The number of alkyl halides is 6. The molecule has 2 saturated carbocycles. The normalized spacial score (nSPS) is 22.9. The lowest BCUT2D eigenvalue weighted by atomic mass is 9.88. The molecule has 2 aromatic rings. The van der Waals surface area contributed by atoms with Crippen LogP contribution in [0.1, 0.15) is 170 Å². The van der Waals surface area contributed by atoms with Gasteiger partial charge in [0.1, 0.15) is 22.7 Å². The minimum Gasteiger partial charge on any atom is -0.478 e. The average Bonchev–Trinajstić information content (AvgIpc) is 2.51. The Bertz CT molecular complexity index is 3230. The van der Waals surface area contributed by atoms with Crippen LogP contribution in [-0.4, -0.2) is 168 Å². The maximum atomic E-state index is 13.2. The number of nitrogens with one attached hydrogen (secondary N) is 3. The predicted molar refractivity (Wildman–Crippen MR) is 323 cm³/mol. The maximum absolute atomic E-state index is 13.2. The number of nitrogens with zero attached hydrogens (tertiary/aromatic N) is 5. The SMILES string of the molecule is Cc1cc(C(=O)N2CCC(O)(C(F)(F)F)CC2)cc(C)c1/C=C/S(=O)(=O)N1CCC2(CC1)N=C(C1CCCCC1)NC2=O.Cc1cc(C(=O)O)cc(C)c1/C=C/S(=O)(=O)N1CCC2(CC1)N=C(C1CCCCC1)NC2=O.Cl.OC1(C(F)(F)F)CCNCC1. The van der Waals surface area contributed by atoms with Gasteiger partial charge in [0.25, 0.3) is 17.7 Å². The molecule has 6 aliphatic heterocycles. The van der Waals surface area contributed by atoms with E-state index < -0.39 is 79.4 Å². The molecular formula is C60H81ClF6N8O11S2. The molecule has 0 atom stereocenters. The molecule has 6 fully saturated rings. The summed E-state index contributed by atoms with van der Waals surface area (Å²) in [5.41, 5.74) is -2.53. The van der Waals surface area contributed by atoms with Gasteiger partial charge in [0.05, 0.1) is 5.56 Å². The van der Waals surface area contributed by atoms with Crippen LogP contribution in [0.15, 0.2) is 45.1 Å². The molecule has 19 nitrogen and oxygen atoms in total. The lowest BCUT2D eigenvalue weighted by Gasteiger charge is -2.39. The van der Waals surface area contributed by atoms with Crippen molar-refractivity contribution in [3.63, 3.8) is 0 Å². The summed E-state index contributed by atoms with van der Waals surface area (Å²) in [6.45, 7) is 7.82. The van der Waals surface area contributed by atoms with Crippen LogP contribution < -0.4 is 16.0 Å². The smallest absolute Gasteiger partial charge is 0.417 e. The van der Waals surface area contributed by atoms with Gasteiger partial charge in [-0.2, -0.15) is 35.0 Å². The maximum Gasteiger partial charge on any atom is 0.417 e. The zero-order valence-electron chi connectivity index (χ0n) is 50.0. The number of piperidine rings is 4. The third-order valence-electron chi connectivity index (χ3n) is 18.7. The fourth-order valence-corrected chi connectivity index (χ4v) is 15.3. The molecule has 0 unspecified atom stereocenters. The van der Waals surface area contributed by atoms with Crippen LogP contribution in [-0.2, 0) is 29.6 Å². The summed E-state index contributed by atoms with van der Waals surface area (Å²) >= 11 is 0. The molecule has 8 aliphatic rings. The number of carboxylic acid groups (broad SMARTS) is 1. The van der Waals surface area contributed by atoms with Crippen molar-refractivity contribution in [1.29, 1.82) is 0 Å². The molecule has 2 aromatic carbocycles. The van der Waals surface area contributed by atoms with Crippen LogP contribution >= 0.6 is 12.4 Å². The first-order valence-corrected chi connectivity index (χ1v) is 32.9. The summed E-state index contributed by atoms with van der Waals surface area (Å²) in [6.07, 6.45) is 4.60. The molecule has 6 N–H and O–H groups in total. The molecule has 28 heteroatoms. The number of amidine groups is 2. The van der Waals surface area contributed by atoms with E-state index in [0.717, 1.165) is 68.4 Å². The first-order chi connectivity index (χ1) is 40.7. The first kappa shape index (κ1) is 70.2. The second-order valence-corrected chi connectivity index (χ2v) is 28.2. The molecular weight excluding hydrogens is 1220 g/mol. The lowest BCUT2D eigenvalue weighted by Crippen LogP contribution is -2.54. The molecule has 4 saturated heterocycles. The van der Waals surface area contributed by atoms with Gasteiger partial charge in [-0.25, -0.2) is 21.6 Å². The number of carbonyl (C=O) groups excluding carboxylic acids is 3. The first-order valence-electron chi connectivity index (χ1n) is 29.9. The second-order valence-electron chi connectivity index (χ2n) is 24.6. The summed E-state index contributed by atoms with van der Waals surface area (Å²) in [6, 6.07) is 6.26. The van der Waals surface area contributed by atoms with E-state index in [1.165, 1.54) is 56.0 Å². The molecule has 88 heavy (non-hydrogen) atoms. The standard InChI is InChI=1S/C30H39F3N4O5S.C24H31N3O5S.C6H10F3NO.ClH/c1-20-18-23(26(38)36-13-11-29(40,12-14-36)30(31,32)33)19-21(2)24(20)8-17-43(41,42)37-15-9-28(10-16-37)27(39)34-25(35-28)22-6-4-3-5-7-22;1-16-14-19(22(28)29)15-17(2)20(16)8-13-33(31,32)27-11-9-24(10-12-27)23(30)25-21(26-24)18-6-4-3-5-7-18;7-6(8,9)5(11)1-3-10-4-2-5;/h8,17-19,22,40H,3-7,9-16H2,1-2H3,(H,34,35,39);8,13-15,18H,3-7,9-12H2,1-2H3,(H,28,29)(H,25,26,30);10-11H,1-4H2;1H/b17-8+;13-8+;;. The molecule has 0 aromatic heterocycles. The number of carbonyl (C=O) groups is 4. The van der Waals surface area contributed by atoms with E-state index in [4.69, 9.17) is 15.1 Å². The zero-order chi connectivity index (χ0) is 63.5. The highest BCUT2D eigenvalue weighted by atomic mass is 35.5. The topological polar surface area (TPSA) is 268 Å². The van der Waals surface area contributed by atoms with Crippen molar-refractivity contribution < 1.29 is 77.7 Å². The van der Waals surface area contributed by atoms with Gasteiger partial charge in [-0.3, -0.25) is 24.4 Å². The highest BCUT2D eigenvalue weighted by Crippen LogP contribution is 2.41. The van der Waals surface area contributed by atoms with Crippen LogP contribution in [0.25, 0.3) is 12.2 Å². The van der Waals surface area contributed by atoms with E-state index in [0.29, 0.717) is 65.0 Å². The Kier molecular flexibility index (Phi) is 22.1. The zero-order valence-corrected chi connectivity index (χ0v) is 52.4. The van der Waals surface area contributed by atoms with E-state index >= 15 is 0 Å². The number of amides is 3. The predicted octanol–water partition coefficient (Wildman–Crippen LogP) is 8.41. The Morgan fingerprint density at radius 3 is 1.23 bits per heavy atom. The molecule has 10 rings (SSSR count). The molecule has 2 aliphatic carbocycles. The van der Waals surface area contributed by atoms with Gasteiger partial charge in [0, 0.05) is 80.3 Å². The Hall–Kier alpha value is -5.29. The minimum absolute atomic E-state index is 0. The number of hydrogen-bond donors (Lipinski definition) is 6. The van der Waals surface area contributed by atoms with E-state index in [-0.39, 0.29) is 106 Å². The van der Waals surface area contributed by atoms with E-state index in [1.807, 2.05) is 0 Å². The number of aliphatic imine (C=N–C) groups is 2. The molecule has 3 amide bonds. The number of rotatable bonds is 10. The van der Waals surface area contributed by atoms with Gasteiger partial charge in [-0.05, 0) is 175 Å². The minimum atomic E-state index is -4.75. The third kappa shape index (κ3) is 15.7. The molecule has 2 spiro atoms. The Morgan fingerprint density at radius 2 is 0.898 bits per heavy atom. The summed E-state index contributed by atoms with van der Waals surface area (Å²) < 4.78 is 131. The van der Waals surface area contributed by atoms with Crippen molar-refractivity contribution in [2.24, 2.45) is 21.8 Å². The van der Waals surface area contributed by atoms with Crippen molar-refractivity contribution in [2.75, 3.05) is 52.4 Å². The van der Waals surface area contributed by atoms with Crippen LogP contribution in [0.5, 0.6) is 0 Å². The fraction of sp³-hybridized carbons (Fsp3) is 0.633. The van der Waals surface area contributed by atoms with Crippen molar-refractivity contribution in [3.05, 3.63) is 79.6 Å². The van der Waals surface area contributed by atoms with E-state index in [2.05, 4.69) is 16.0 Å². The highest BCUT2D eigenvalue weighted by Gasteiger charge is 2.56. The van der Waals surface area contributed by atoms with Gasteiger partial charge in [0.2, 0.25) is 20.0 Å². The Morgan fingerprint density at radius 1 is 0.557 bits per heavy atom. The monoisotopic (exact) mass is 1300 g/mol. The van der Waals surface area contributed by atoms with Crippen molar-refractivity contribution >= 4 is 80.0 Å². The average molecular weight is 1300 g/mol. The van der Waals surface area contributed by atoms with Gasteiger partial charge in [0.15, 0.2) is 11.2 Å². The molecule has 488 valence electrons. The molecule has 0 radical (unpaired) electrons. The number of aliphatic hydroxyl groups is 2. The Labute approximate surface area is 516 Å². The number of aromatic carboxylic acids is 1. The highest BCUT2D eigenvalue weighted by molar-refractivity contribution is 7.92. The van der Waals surface area contributed by atoms with Crippen molar-refractivity contribution in [2.45, 2.75) is 178 Å². The van der Waals surface area contributed by atoms with E-state index in [1.54, 1.807) is 39.8 Å². The van der Waals surface area contributed by atoms with Crippen LogP contribution in [0.4, 0.5) is 26.3 Å². The van der Waals surface area contributed by atoms with Crippen LogP contribution in [0, 0.1) is 39.5 Å². The van der Waals surface area contributed by atoms with Gasteiger partial charge in [-0.1, -0.05) is 38.5 Å². The van der Waals surface area contributed by atoms with Crippen LogP contribution in [0.2, 0.25) is 0 Å². The number of hydrogen-bond acceptors (Lipinski definition) is 13. The third-order valence-corrected chi connectivity index (χ3v) is 21.8. The number of likely N-dealkylation sites (tertiary alicyclic amines) is 1. The van der Waals surface area contributed by atoms with Crippen molar-refractivity contribution in [3.8, 4) is 0 Å². The number of sulfonamides is 2. The summed E-state index contributed by atoms with van der Waals surface area (Å²) in [7, 11) is -7.48. The van der Waals surface area contributed by atoms with Gasteiger partial charge < -0.3 is 36.2 Å². The summed E-state index contributed by atoms with van der Waals surface area (Å²) in [5.74, 6) is 0.448. The van der Waals surface area contributed by atoms with E-state index in [9.17, 15) is 72.6 Å². The van der Waals surface area contributed by atoms with Gasteiger partial charge >= 0.3 is 18.3 Å². The largest absolute Gasteiger partial charge is 0.478 e. The quantitative estimate of drug-likeness (QED) is 0.122. The summed E-state index contributed by atoms with van der Waals surface area (Å²) in [4.78, 5) is 60.9. The van der Waals surface area contributed by atoms with Gasteiger partial charge in [-0.15, -0.1) is 12.4 Å². The molecule has 0 bridgehead atoms. The molecule has 6 heterocycles. The van der Waals surface area contributed by atoms with Crippen LogP contribution in [0.3, 0.4) is 0 Å². The number of carboxylic acids is 1.